The molecule has 0 saturated carbocycles. The third kappa shape index (κ3) is 4.81. The van der Waals surface area contributed by atoms with Gasteiger partial charge in [0.05, 0.1) is 32.9 Å². The molecule has 1 atom stereocenters. The number of nitrogens with zero attached hydrogens (tertiary/aromatic N) is 4. The number of halogens is 1. The number of thiazole rings is 1. The molecular formula is C26H19BrN4O6S2. The van der Waals surface area contributed by atoms with E-state index in [9.17, 15) is 9.59 Å². The van der Waals surface area contributed by atoms with Crippen molar-refractivity contribution in [3.63, 3.8) is 0 Å². The predicted octanol–water partition coefficient (Wildman–Crippen LogP) is 3.82. The van der Waals surface area contributed by atoms with Crippen LogP contribution in [-0.2, 0) is 9.53 Å². The van der Waals surface area contributed by atoms with Crippen molar-refractivity contribution in [1.82, 2.24) is 14.5 Å². The van der Waals surface area contributed by atoms with Crippen LogP contribution >= 0.6 is 39.0 Å². The number of ether oxygens (including phenoxy) is 3. The van der Waals surface area contributed by atoms with E-state index in [0.717, 1.165) is 0 Å². The summed E-state index contributed by atoms with van der Waals surface area (Å²) in [6, 6.07) is 8.10. The van der Waals surface area contributed by atoms with E-state index in [1.54, 1.807) is 56.6 Å². The van der Waals surface area contributed by atoms with Gasteiger partial charge in [0, 0.05) is 18.5 Å². The lowest BCUT2D eigenvalue weighted by Gasteiger charge is -2.24. The molecule has 0 unspecified atom stereocenters. The van der Waals surface area contributed by atoms with Crippen LogP contribution in [-0.4, -0.2) is 33.9 Å². The van der Waals surface area contributed by atoms with Crippen LogP contribution in [0.2, 0.25) is 0 Å². The zero-order chi connectivity index (χ0) is 27.1. The van der Waals surface area contributed by atoms with Crippen molar-refractivity contribution in [1.29, 1.82) is 0 Å². The van der Waals surface area contributed by atoms with Gasteiger partial charge in [-0.25, -0.2) is 19.8 Å². The molecule has 0 amide bonds. The SMILES string of the molecule is CCOC(=O)C1=C(C)N=c2s/c(=C/c3cc(Br)c(Sc4ncccn4)o3)c(=O)n2[C@@H]1c1ccc2c(c1)OCO2. The number of carbonyl (C=O) groups is 1. The van der Waals surface area contributed by atoms with Gasteiger partial charge in [0.15, 0.2) is 26.5 Å². The Morgan fingerprint density at radius 2 is 2.05 bits per heavy atom. The molecule has 0 aliphatic carbocycles. The fourth-order valence-electron chi connectivity index (χ4n) is 4.25. The fourth-order valence-corrected chi connectivity index (χ4v) is 6.51. The van der Waals surface area contributed by atoms with Crippen molar-refractivity contribution in [2.45, 2.75) is 30.1 Å². The number of carbonyl (C=O) groups excluding carboxylic acids is 1. The maximum atomic E-state index is 13.8. The van der Waals surface area contributed by atoms with E-state index < -0.39 is 12.0 Å². The highest BCUT2D eigenvalue weighted by atomic mass is 79.9. The molecule has 0 fully saturated rings. The Labute approximate surface area is 237 Å². The van der Waals surface area contributed by atoms with Gasteiger partial charge in [-0.15, -0.1) is 0 Å². The highest BCUT2D eigenvalue weighted by Crippen LogP contribution is 2.38. The normalized spacial score (nSPS) is 16.3. The number of hydrogen-bond acceptors (Lipinski definition) is 11. The number of aromatic nitrogens is 3. The molecule has 10 nitrogen and oxygen atoms in total. The number of esters is 1. The molecule has 0 N–H and O–H groups in total. The van der Waals surface area contributed by atoms with Crippen LogP contribution in [0, 0.1) is 0 Å². The Kier molecular flexibility index (Phi) is 6.87. The van der Waals surface area contributed by atoms with Crippen molar-refractivity contribution < 1.29 is 23.4 Å². The topological polar surface area (TPSA) is 118 Å². The molecule has 0 bridgehead atoms. The minimum Gasteiger partial charge on any atom is -0.463 e. The molecule has 4 aromatic rings. The molecule has 3 aromatic heterocycles. The van der Waals surface area contributed by atoms with Crippen molar-refractivity contribution in [2.24, 2.45) is 4.99 Å². The minimum atomic E-state index is -0.762. The average Bonchev–Trinajstić information content (AvgIpc) is 3.61. The molecule has 2 aliphatic heterocycles. The molecule has 198 valence electrons. The number of allylic oxidation sites excluding steroid dienone is 1. The molecule has 13 heteroatoms. The van der Waals surface area contributed by atoms with E-state index in [2.05, 4.69) is 30.9 Å². The number of furan rings is 1. The van der Waals surface area contributed by atoms with Gasteiger partial charge in [-0.2, -0.15) is 0 Å². The van der Waals surface area contributed by atoms with E-state index in [1.165, 1.54) is 27.7 Å². The monoisotopic (exact) mass is 626 g/mol. The smallest absolute Gasteiger partial charge is 0.338 e. The molecule has 39 heavy (non-hydrogen) atoms. The van der Waals surface area contributed by atoms with Crippen molar-refractivity contribution in [3.8, 4) is 11.5 Å². The van der Waals surface area contributed by atoms with Gasteiger partial charge in [-0.3, -0.25) is 9.36 Å². The van der Waals surface area contributed by atoms with Gasteiger partial charge in [0.1, 0.15) is 5.76 Å². The summed E-state index contributed by atoms with van der Waals surface area (Å²) < 4.78 is 25.0. The Balaban J connectivity index is 1.46. The summed E-state index contributed by atoms with van der Waals surface area (Å²) in [4.78, 5) is 40.4. The van der Waals surface area contributed by atoms with Gasteiger partial charge < -0.3 is 18.6 Å². The van der Waals surface area contributed by atoms with Gasteiger partial charge in [-0.1, -0.05) is 17.4 Å². The Bertz CT molecular complexity index is 1810. The lowest BCUT2D eigenvalue weighted by atomic mass is 9.95. The largest absolute Gasteiger partial charge is 0.463 e. The summed E-state index contributed by atoms with van der Waals surface area (Å²) in [5.41, 5.74) is 1.12. The zero-order valence-corrected chi connectivity index (χ0v) is 23.8. The van der Waals surface area contributed by atoms with Crippen LogP contribution in [0.5, 0.6) is 11.5 Å². The number of benzene rings is 1. The highest BCUT2D eigenvalue weighted by Gasteiger charge is 2.34. The minimum absolute atomic E-state index is 0.108. The van der Waals surface area contributed by atoms with Gasteiger partial charge in [-0.05, 0) is 71.4 Å². The molecule has 6 rings (SSSR count). The summed E-state index contributed by atoms with van der Waals surface area (Å²) in [6.45, 7) is 3.77. The van der Waals surface area contributed by atoms with E-state index in [1.807, 2.05) is 6.07 Å². The van der Waals surface area contributed by atoms with Gasteiger partial charge in [0.25, 0.3) is 5.56 Å². The molecule has 0 spiro atoms. The van der Waals surface area contributed by atoms with Gasteiger partial charge in [0.2, 0.25) is 6.79 Å². The first-order valence-electron chi connectivity index (χ1n) is 11.8. The fraction of sp³-hybridized carbons (Fsp3) is 0.192. The Hall–Kier alpha value is -3.68. The Morgan fingerprint density at radius 1 is 1.26 bits per heavy atom. The summed E-state index contributed by atoms with van der Waals surface area (Å²) in [5, 5.41) is 1.09. The molecule has 0 radical (unpaired) electrons. The number of rotatable bonds is 6. The van der Waals surface area contributed by atoms with Crippen LogP contribution in [0.25, 0.3) is 6.08 Å². The van der Waals surface area contributed by atoms with E-state index in [-0.39, 0.29) is 24.5 Å². The van der Waals surface area contributed by atoms with Crippen LogP contribution in [0.15, 0.2) is 82.9 Å². The molecular weight excluding hydrogens is 608 g/mol. The van der Waals surface area contributed by atoms with Crippen molar-refractivity contribution >= 4 is 51.1 Å². The lowest BCUT2D eigenvalue weighted by molar-refractivity contribution is -0.139. The zero-order valence-electron chi connectivity index (χ0n) is 20.5. The van der Waals surface area contributed by atoms with Crippen LogP contribution in [0.4, 0.5) is 0 Å². The molecule has 5 heterocycles. The molecule has 0 saturated heterocycles. The summed E-state index contributed by atoms with van der Waals surface area (Å²) in [6.07, 6.45) is 4.96. The van der Waals surface area contributed by atoms with Crippen LogP contribution < -0.4 is 24.4 Å². The van der Waals surface area contributed by atoms with Crippen molar-refractivity contribution in [2.75, 3.05) is 13.4 Å². The predicted molar refractivity (Wildman–Crippen MR) is 146 cm³/mol. The number of fused-ring (bicyclic) bond motifs is 2. The second-order valence-electron chi connectivity index (χ2n) is 8.33. The van der Waals surface area contributed by atoms with E-state index in [0.29, 0.717) is 52.6 Å². The first-order valence-corrected chi connectivity index (χ1v) is 14.2. The van der Waals surface area contributed by atoms with E-state index in [4.69, 9.17) is 18.6 Å². The second-order valence-corrected chi connectivity index (χ2v) is 11.1. The van der Waals surface area contributed by atoms with Crippen LogP contribution in [0.3, 0.4) is 0 Å². The quantitative estimate of drug-likeness (QED) is 0.232. The summed E-state index contributed by atoms with van der Waals surface area (Å²) in [7, 11) is 0. The highest BCUT2D eigenvalue weighted by molar-refractivity contribution is 9.10. The third-order valence-corrected chi connectivity index (χ3v) is 8.62. The molecule has 1 aromatic carbocycles. The maximum absolute atomic E-state index is 13.8. The standard InChI is InChI=1S/C26H19BrN4O6S2/c1-3-34-23(33)20-13(2)30-26-31(21(20)14-5-6-17-18(9-14)36-12-35-17)22(32)19(38-26)11-15-10-16(27)24(37-15)39-25-28-7-4-8-29-25/h4-11,21H,3,12H2,1-2H3/b19-11+/t21-/m1/s1. The maximum Gasteiger partial charge on any atom is 0.338 e. The summed E-state index contributed by atoms with van der Waals surface area (Å²) in [5.74, 6) is 1.07. The van der Waals surface area contributed by atoms with Gasteiger partial charge >= 0.3 is 5.97 Å². The first-order chi connectivity index (χ1) is 18.9. The van der Waals surface area contributed by atoms with Crippen molar-refractivity contribution in [3.05, 3.63) is 89.5 Å². The van der Waals surface area contributed by atoms with E-state index >= 15 is 0 Å². The second kappa shape index (κ2) is 10.5. The van der Waals surface area contributed by atoms with Crippen LogP contribution in [0.1, 0.15) is 31.2 Å². The Morgan fingerprint density at radius 3 is 2.85 bits per heavy atom. The number of hydrogen-bond donors (Lipinski definition) is 0. The first kappa shape index (κ1) is 25.6. The molecule has 2 aliphatic rings. The average molecular weight is 627 g/mol. The third-order valence-electron chi connectivity index (χ3n) is 5.90. The summed E-state index contributed by atoms with van der Waals surface area (Å²) >= 11 is 5.97. The lowest BCUT2D eigenvalue weighted by Crippen LogP contribution is -2.39.